The van der Waals surface area contributed by atoms with E-state index >= 15 is 0 Å². The first kappa shape index (κ1) is 15.1. The van der Waals surface area contributed by atoms with Crippen molar-refractivity contribution < 1.29 is 23.8 Å². The highest BCUT2D eigenvalue weighted by Gasteiger charge is 2.16. The van der Waals surface area contributed by atoms with Gasteiger partial charge in [0.05, 0.1) is 20.3 Å². The van der Waals surface area contributed by atoms with Gasteiger partial charge in [-0.1, -0.05) is 12.1 Å². The predicted octanol–water partition coefficient (Wildman–Crippen LogP) is 2.02. The minimum atomic E-state index is -0.749. The molecule has 0 bridgehead atoms. The molecule has 0 radical (unpaired) electrons. The lowest BCUT2D eigenvalue weighted by molar-refractivity contribution is -0.140. The highest BCUT2D eigenvalue weighted by Crippen LogP contribution is 2.28. The molecule has 0 spiro atoms. The van der Waals surface area contributed by atoms with Gasteiger partial charge in [-0.3, -0.25) is 0 Å². The highest BCUT2D eigenvalue weighted by atomic mass is 32.2. The second kappa shape index (κ2) is 7.48. The molecule has 19 heavy (non-hydrogen) atoms. The molecule has 0 aromatic heterocycles. The minimum Gasteiger partial charge on any atom is -0.466 e. The summed E-state index contributed by atoms with van der Waals surface area (Å²) in [4.78, 5) is 23.6. The van der Waals surface area contributed by atoms with E-state index in [1.54, 1.807) is 12.1 Å². The van der Waals surface area contributed by atoms with E-state index in [-0.39, 0.29) is 5.76 Å². The molecule has 0 aliphatic heterocycles. The summed E-state index contributed by atoms with van der Waals surface area (Å²) in [5.74, 6) is -1.20. The first-order chi connectivity index (χ1) is 9.12. The Balaban J connectivity index is 3.04. The monoisotopic (exact) mass is 282 g/mol. The van der Waals surface area contributed by atoms with E-state index in [1.807, 2.05) is 18.4 Å². The van der Waals surface area contributed by atoms with Crippen LogP contribution in [0.2, 0.25) is 0 Å². The van der Waals surface area contributed by atoms with Crippen LogP contribution in [0.1, 0.15) is 0 Å². The van der Waals surface area contributed by atoms with E-state index in [2.05, 4.69) is 9.47 Å². The van der Waals surface area contributed by atoms with Crippen LogP contribution >= 0.6 is 11.8 Å². The lowest BCUT2D eigenvalue weighted by Gasteiger charge is -2.10. The van der Waals surface area contributed by atoms with Gasteiger partial charge < -0.3 is 14.2 Å². The molecule has 0 fully saturated rings. The van der Waals surface area contributed by atoms with Crippen LogP contribution in [0.15, 0.2) is 41.0 Å². The van der Waals surface area contributed by atoms with Gasteiger partial charge >= 0.3 is 11.9 Å². The van der Waals surface area contributed by atoms with Gasteiger partial charge in [0, 0.05) is 4.90 Å². The molecular formula is C13H14O5S. The number of thioether (sulfide) groups is 1. The summed E-state index contributed by atoms with van der Waals surface area (Å²) in [6, 6.07) is 7.15. The number of para-hydroxylation sites is 1. The third kappa shape index (κ3) is 4.33. The van der Waals surface area contributed by atoms with Crippen LogP contribution in [0.3, 0.4) is 0 Å². The van der Waals surface area contributed by atoms with Crippen molar-refractivity contribution in [1.82, 2.24) is 0 Å². The maximum Gasteiger partial charge on any atom is 0.374 e. The van der Waals surface area contributed by atoms with Crippen molar-refractivity contribution in [2.45, 2.75) is 4.90 Å². The molecule has 0 heterocycles. The summed E-state index contributed by atoms with van der Waals surface area (Å²) in [5.41, 5.74) is 0. The van der Waals surface area contributed by atoms with Crippen LogP contribution in [-0.2, 0) is 19.1 Å². The third-order valence-electron chi connectivity index (χ3n) is 2.13. The Morgan fingerprint density at radius 1 is 1.16 bits per heavy atom. The SMILES string of the molecule is COC(=O)/C=C(/Oc1ccccc1SC)C(=O)OC. The lowest BCUT2D eigenvalue weighted by atomic mass is 10.3. The number of ether oxygens (including phenoxy) is 3. The van der Waals surface area contributed by atoms with Gasteiger partial charge in [-0.25, -0.2) is 9.59 Å². The molecule has 0 atom stereocenters. The fourth-order valence-corrected chi connectivity index (χ4v) is 1.74. The zero-order chi connectivity index (χ0) is 14.3. The van der Waals surface area contributed by atoms with Crippen LogP contribution in [0.4, 0.5) is 0 Å². The number of carbonyl (C=O) groups is 2. The largest absolute Gasteiger partial charge is 0.466 e. The van der Waals surface area contributed by atoms with E-state index in [4.69, 9.17) is 4.74 Å². The second-order valence-electron chi connectivity index (χ2n) is 3.28. The van der Waals surface area contributed by atoms with Gasteiger partial charge in [0.15, 0.2) is 0 Å². The predicted molar refractivity (Wildman–Crippen MR) is 71.0 cm³/mol. The van der Waals surface area contributed by atoms with Crippen LogP contribution in [0.25, 0.3) is 0 Å². The van der Waals surface area contributed by atoms with Crippen LogP contribution in [0, 0.1) is 0 Å². The lowest BCUT2D eigenvalue weighted by Crippen LogP contribution is -2.13. The Kier molecular flexibility index (Phi) is 5.95. The van der Waals surface area contributed by atoms with Gasteiger partial charge in [0.25, 0.3) is 0 Å². The molecule has 1 rings (SSSR count). The number of benzene rings is 1. The molecule has 5 nitrogen and oxygen atoms in total. The van der Waals surface area contributed by atoms with Crippen molar-refractivity contribution >= 4 is 23.7 Å². The molecule has 0 N–H and O–H groups in total. The van der Waals surface area contributed by atoms with Crippen molar-refractivity contribution in [3.8, 4) is 5.75 Å². The first-order valence-corrected chi connectivity index (χ1v) is 6.53. The van der Waals surface area contributed by atoms with Gasteiger partial charge in [-0.15, -0.1) is 11.8 Å². The fourth-order valence-electron chi connectivity index (χ4n) is 1.22. The molecule has 102 valence electrons. The summed E-state index contributed by atoms with van der Waals surface area (Å²) < 4.78 is 14.4. The summed E-state index contributed by atoms with van der Waals surface area (Å²) >= 11 is 1.46. The van der Waals surface area contributed by atoms with E-state index < -0.39 is 11.9 Å². The van der Waals surface area contributed by atoms with Crippen molar-refractivity contribution in [3.05, 3.63) is 36.1 Å². The molecule has 1 aromatic carbocycles. The highest BCUT2D eigenvalue weighted by molar-refractivity contribution is 7.98. The Morgan fingerprint density at radius 2 is 1.84 bits per heavy atom. The summed E-state index contributed by atoms with van der Waals surface area (Å²) in [7, 11) is 2.42. The second-order valence-corrected chi connectivity index (χ2v) is 4.12. The average molecular weight is 282 g/mol. The third-order valence-corrected chi connectivity index (χ3v) is 2.90. The molecule has 0 saturated carbocycles. The maximum atomic E-state index is 11.5. The van der Waals surface area contributed by atoms with Crippen LogP contribution in [0.5, 0.6) is 5.75 Å². The number of rotatable bonds is 5. The van der Waals surface area contributed by atoms with E-state index in [0.717, 1.165) is 11.0 Å². The fraction of sp³-hybridized carbons (Fsp3) is 0.231. The number of hydrogen-bond acceptors (Lipinski definition) is 6. The Hall–Kier alpha value is -1.95. The summed E-state index contributed by atoms with van der Waals surface area (Å²) in [6.07, 6.45) is 2.83. The molecule has 0 aliphatic rings. The first-order valence-electron chi connectivity index (χ1n) is 5.31. The maximum absolute atomic E-state index is 11.5. The molecule has 0 aliphatic carbocycles. The van der Waals surface area contributed by atoms with E-state index in [1.165, 1.54) is 26.0 Å². The zero-order valence-corrected chi connectivity index (χ0v) is 11.7. The summed E-state index contributed by atoms with van der Waals surface area (Å²) in [5, 5.41) is 0. The van der Waals surface area contributed by atoms with Crippen LogP contribution in [-0.4, -0.2) is 32.4 Å². The molecule has 1 aromatic rings. The Morgan fingerprint density at radius 3 is 2.42 bits per heavy atom. The van der Waals surface area contributed by atoms with Gasteiger partial charge in [0.2, 0.25) is 5.76 Å². The zero-order valence-electron chi connectivity index (χ0n) is 10.8. The molecule has 0 saturated heterocycles. The standard InChI is InChI=1S/C13H14O5S/c1-16-12(14)8-10(13(15)17-2)18-9-6-4-5-7-11(9)19-3/h4-8H,1-3H3/b10-8+. The molecule has 0 amide bonds. The number of methoxy groups -OCH3 is 2. The molecule has 6 heteroatoms. The van der Waals surface area contributed by atoms with Gasteiger partial charge in [0.1, 0.15) is 5.75 Å². The number of esters is 2. The van der Waals surface area contributed by atoms with Crippen molar-refractivity contribution in [2.75, 3.05) is 20.5 Å². The molecular weight excluding hydrogens is 268 g/mol. The summed E-state index contributed by atoms with van der Waals surface area (Å²) in [6.45, 7) is 0. The van der Waals surface area contributed by atoms with Crippen molar-refractivity contribution in [3.63, 3.8) is 0 Å². The normalized spacial score (nSPS) is 10.8. The van der Waals surface area contributed by atoms with E-state index in [9.17, 15) is 9.59 Å². The van der Waals surface area contributed by atoms with Crippen LogP contribution < -0.4 is 4.74 Å². The number of hydrogen-bond donors (Lipinski definition) is 0. The quantitative estimate of drug-likeness (QED) is 0.356. The van der Waals surface area contributed by atoms with Crippen molar-refractivity contribution in [1.29, 1.82) is 0 Å². The Labute approximate surface area is 115 Å². The number of carbonyl (C=O) groups excluding carboxylic acids is 2. The minimum absolute atomic E-state index is 0.226. The smallest absolute Gasteiger partial charge is 0.374 e. The van der Waals surface area contributed by atoms with Gasteiger partial charge in [-0.2, -0.15) is 0 Å². The van der Waals surface area contributed by atoms with Crippen molar-refractivity contribution in [2.24, 2.45) is 0 Å². The van der Waals surface area contributed by atoms with E-state index in [0.29, 0.717) is 5.75 Å². The average Bonchev–Trinajstić information content (AvgIpc) is 2.45. The molecule has 0 unspecified atom stereocenters. The Bertz CT molecular complexity index is 496. The van der Waals surface area contributed by atoms with Gasteiger partial charge in [-0.05, 0) is 18.4 Å². The topological polar surface area (TPSA) is 61.8 Å².